The summed E-state index contributed by atoms with van der Waals surface area (Å²) < 4.78 is 18.0. The zero-order chi connectivity index (χ0) is 14.1. The van der Waals surface area contributed by atoms with Crippen molar-refractivity contribution in [2.24, 2.45) is 0 Å². The Morgan fingerprint density at radius 3 is 2.89 bits per heavy atom. The lowest BCUT2D eigenvalue weighted by Gasteiger charge is -2.21. The molecule has 0 radical (unpaired) electrons. The molecule has 0 saturated carbocycles. The first kappa shape index (κ1) is 15.1. The summed E-state index contributed by atoms with van der Waals surface area (Å²) in [5, 5.41) is 8.58. The van der Waals surface area contributed by atoms with Gasteiger partial charge >= 0.3 is 0 Å². The Bertz CT molecular complexity index is 457. The van der Waals surface area contributed by atoms with E-state index in [4.69, 9.17) is 10.00 Å². The third-order valence-electron chi connectivity index (χ3n) is 2.66. The van der Waals surface area contributed by atoms with E-state index in [0.29, 0.717) is 25.3 Å². The number of carbonyl (C=O) groups is 1. The van der Waals surface area contributed by atoms with Crippen molar-refractivity contribution in [2.75, 3.05) is 26.8 Å². The average Bonchev–Trinajstić information content (AvgIpc) is 2.38. The first-order chi connectivity index (χ1) is 9.17. The van der Waals surface area contributed by atoms with Crippen molar-refractivity contribution in [2.45, 2.75) is 12.8 Å². The molecule has 102 valence electrons. The number of rotatable bonds is 7. The third-order valence-corrected chi connectivity index (χ3v) is 2.66. The minimum Gasteiger partial charge on any atom is -0.383 e. The topological polar surface area (TPSA) is 53.3 Å². The summed E-state index contributed by atoms with van der Waals surface area (Å²) in [4.78, 5) is 13.6. The van der Waals surface area contributed by atoms with Gasteiger partial charge in [0, 0.05) is 20.2 Å². The van der Waals surface area contributed by atoms with Gasteiger partial charge in [0.25, 0.3) is 0 Å². The quantitative estimate of drug-likeness (QED) is 0.754. The van der Waals surface area contributed by atoms with Gasteiger partial charge in [0.15, 0.2) is 0 Å². The number of amides is 1. The molecule has 4 nitrogen and oxygen atoms in total. The summed E-state index contributed by atoms with van der Waals surface area (Å²) in [7, 11) is 1.56. The van der Waals surface area contributed by atoms with Gasteiger partial charge in [-0.1, -0.05) is 12.1 Å². The van der Waals surface area contributed by atoms with Crippen molar-refractivity contribution in [1.82, 2.24) is 4.90 Å². The lowest BCUT2D eigenvalue weighted by atomic mass is 10.1. The third kappa shape index (κ3) is 5.49. The minimum atomic E-state index is -0.356. The van der Waals surface area contributed by atoms with Crippen LogP contribution in [0, 0.1) is 17.1 Å². The van der Waals surface area contributed by atoms with E-state index in [-0.39, 0.29) is 24.6 Å². The Kier molecular flexibility index (Phi) is 6.55. The Labute approximate surface area is 112 Å². The maximum Gasteiger partial charge on any atom is 0.227 e. The molecule has 0 aliphatic heterocycles. The molecule has 0 N–H and O–H groups in total. The summed E-state index contributed by atoms with van der Waals surface area (Å²) >= 11 is 0. The summed E-state index contributed by atoms with van der Waals surface area (Å²) in [5.74, 6) is -0.483. The molecule has 0 aliphatic carbocycles. The second-order valence-corrected chi connectivity index (χ2v) is 4.09. The highest BCUT2D eigenvalue weighted by atomic mass is 19.1. The van der Waals surface area contributed by atoms with E-state index in [9.17, 15) is 9.18 Å². The number of ether oxygens (including phenoxy) is 1. The summed E-state index contributed by atoms with van der Waals surface area (Å²) in [6.45, 7) is 1.22. The molecule has 0 bridgehead atoms. The molecule has 0 aliphatic rings. The van der Waals surface area contributed by atoms with Gasteiger partial charge in [0.1, 0.15) is 5.82 Å². The van der Waals surface area contributed by atoms with E-state index in [1.807, 2.05) is 6.07 Å². The smallest absolute Gasteiger partial charge is 0.227 e. The van der Waals surface area contributed by atoms with Crippen LogP contribution in [0.15, 0.2) is 24.3 Å². The van der Waals surface area contributed by atoms with Crippen molar-refractivity contribution >= 4 is 5.91 Å². The van der Waals surface area contributed by atoms with Crippen molar-refractivity contribution in [3.05, 3.63) is 35.6 Å². The molecule has 0 atom stereocenters. The molecule has 19 heavy (non-hydrogen) atoms. The molecule has 1 aromatic rings. The van der Waals surface area contributed by atoms with Gasteiger partial charge < -0.3 is 9.64 Å². The fourth-order valence-electron chi connectivity index (χ4n) is 1.68. The van der Waals surface area contributed by atoms with Gasteiger partial charge in [-0.25, -0.2) is 4.39 Å². The van der Waals surface area contributed by atoms with Crippen LogP contribution >= 0.6 is 0 Å². The zero-order valence-electron chi connectivity index (χ0n) is 10.9. The van der Waals surface area contributed by atoms with Crippen LogP contribution in [0.5, 0.6) is 0 Å². The fraction of sp³-hybridized carbons (Fsp3) is 0.429. The second kappa shape index (κ2) is 8.22. The maximum atomic E-state index is 13.0. The molecular weight excluding hydrogens is 247 g/mol. The SMILES string of the molecule is COCCN(CCC#N)C(=O)Cc1cccc(F)c1. The average molecular weight is 264 g/mol. The standard InChI is InChI=1S/C14H17FN2O2/c1-19-9-8-17(7-3-6-16)14(18)11-12-4-2-5-13(15)10-12/h2,4-5,10H,3,7-9,11H2,1H3. The predicted octanol–water partition coefficient (Wildman–Crippen LogP) is 1.76. The summed E-state index contributed by atoms with van der Waals surface area (Å²) in [6.07, 6.45) is 0.408. The lowest BCUT2D eigenvalue weighted by molar-refractivity contribution is -0.131. The highest BCUT2D eigenvalue weighted by molar-refractivity contribution is 5.78. The summed E-state index contributed by atoms with van der Waals surface area (Å²) in [6, 6.07) is 7.98. The lowest BCUT2D eigenvalue weighted by Crippen LogP contribution is -2.35. The number of nitrogens with zero attached hydrogens (tertiary/aromatic N) is 2. The van der Waals surface area contributed by atoms with Crippen LogP contribution in [-0.2, 0) is 16.0 Å². The predicted molar refractivity (Wildman–Crippen MR) is 68.8 cm³/mol. The maximum absolute atomic E-state index is 13.0. The van der Waals surface area contributed by atoms with E-state index >= 15 is 0 Å². The number of hydrogen-bond donors (Lipinski definition) is 0. The van der Waals surface area contributed by atoms with Gasteiger partial charge in [-0.3, -0.25) is 4.79 Å². The number of benzene rings is 1. The largest absolute Gasteiger partial charge is 0.383 e. The molecule has 0 heterocycles. The normalized spacial score (nSPS) is 9.95. The van der Waals surface area contributed by atoms with Gasteiger partial charge in [0.2, 0.25) is 5.91 Å². The highest BCUT2D eigenvalue weighted by Gasteiger charge is 2.13. The van der Waals surface area contributed by atoms with Crippen LogP contribution in [0.4, 0.5) is 4.39 Å². The van der Waals surface area contributed by atoms with Gasteiger partial charge in [-0.2, -0.15) is 5.26 Å². The first-order valence-electron chi connectivity index (χ1n) is 6.05. The van der Waals surface area contributed by atoms with Crippen molar-refractivity contribution in [3.63, 3.8) is 0 Å². The second-order valence-electron chi connectivity index (χ2n) is 4.09. The number of hydrogen-bond acceptors (Lipinski definition) is 3. The van der Waals surface area contributed by atoms with Gasteiger partial charge in [-0.05, 0) is 17.7 Å². The molecule has 5 heteroatoms. The number of halogens is 1. The van der Waals surface area contributed by atoms with E-state index in [1.165, 1.54) is 12.1 Å². The Morgan fingerprint density at radius 1 is 1.47 bits per heavy atom. The van der Waals surface area contributed by atoms with Crippen LogP contribution < -0.4 is 0 Å². The summed E-state index contributed by atoms with van der Waals surface area (Å²) in [5.41, 5.74) is 0.629. The number of nitriles is 1. The first-order valence-corrected chi connectivity index (χ1v) is 6.05. The van der Waals surface area contributed by atoms with Crippen LogP contribution in [0.1, 0.15) is 12.0 Å². The molecule has 0 aromatic heterocycles. The molecule has 1 rings (SSSR count). The molecule has 0 saturated heterocycles. The molecule has 1 amide bonds. The van der Waals surface area contributed by atoms with E-state index < -0.39 is 0 Å². The van der Waals surface area contributed by atoms with E-state index in [0.717, 1.165) is 0 Å². The van der Waals surface area contributed by atoms with Crippen LogP contribution in [0.25, 0.3) is 0 Å². The molecular formula is C14H17FN2O2. The number of carbonyl (C=O) groups excluding carboxylic acids is 1. The minimum absolute atomic E-state index is 0.127. The van der Waals surface area contributed by atoms with E-state index in [1.54, 1.807) is 24.1 Å². The van der Waals surface area contributed by atoms with Crippen molar-refractivity contribution in [1.29, 1.82) is 5.26 Å². The van der Waals surface area contributed by atoms with Crippen LogP contribution in [0.2, 0.25) is 0 Å². The Hall–Kier alpha value is -1.93. The van der Waals surface area contributed by atoms with Gasteiger partial charge in [-0.15, -0.1) is 0 Å². The van der Waals surface area contributed by atoms with E-state index in [2.05, 4.69) is 0 Å². The molecule has 1 aromatic carbocycles. The molecule has 0 fully saturated rings. The Balaban J connectivity index is 2.62. The fourth-order valence-corrected chi connectivity index (χ4v) is 1.68. The van der Waals surface area contributed by atoms with Crippen molar-refractivity contribution in [3.8, 4) is 6.07 Å². The van der Waals surface area contributed by atoms with Gasteiger partial charge in [0.05, 0.1) is 25.5 Å². The van der Waals surface area contributed by atoms with Crippen LogP contribution in [0.3, 0.4) is 0 Å². The Morgan fingerprint density at radius 2 is 2.26 bits per heavy atom. The monoisotopic (exact) mass is 264 g/mol. The number of methoxy groups -OCH3 is 1. The molecule has 0 spiro atoms. The van der Waals surface area contributed by atoms with Crippen molar-refractivity contribution < 1.29 is 13.9 Å². The zero-order valence-corrected chi connectivity index (χ0v) is 10.9. The highest BCUT2D eigenvalue weighted by Crippen LogP contribution is 2.06. The molecule has 0 unspecified atom stereocenters. The van der Waals surface area contributed by atoms with Crippen LogP contribution in [-0.4, -0.2) is 37.6 Å².